The van der Waals surface area contributed by atoms with Crippen molar-refractivity contribution in [2.24, 2.45) is 0 Å². The molecule has 5 heteroatoms. The van der Waals surface area contributed by atoms with Gasteiger partial charge in [0.25, 0.3) is 0 Å². The number of hydrogen-bond donors (Lipinski definition) is 0. The van der Waals surface area contributed by atoms with Crippen LogP contribution in [0.1, 0.15) is 18.9 Å². The lowest BCUT2D eigenvalue weighted by molar-refractivity contribution is -0.140. The van der Waals surface area contributed by atoms with E-state index in [1.807, 2.05) is 42.5 Å². The number of hydrogen-bond acceptors (Lipinski definition) is 4. The van der Waals surface area contributed by atoms with Crippen molar-refractivity contribution in [3.05, 3.63) is 96.9 Å². The highest BCUT2D eigenvalue weighted by Crippen LogP contribution is 2.29. The van der Waals surface area contributed by atoms with E-state index in [0.29, 0.717) is 12.0 Å². The van der Waals surface area contributed by atoms with Gasteiger partial charge in [0.15, 0.2) is 11.6 Å². The molecule has 0 spiro atoms. The quantitative estimate of drug-likeness (QED) is 0.367. The first-order valence-electron chi connectivity index (χ1n) is 9.37. The Morgan fingerprint density at radius 2 is 1.77 bits per heavy atom. The van der Waals surface area contributed by atoms with Crippen LogP contribution in [0.15, 0.2) is 85.5 Å². The Hall–Kier alpha value is -3.73. The first-order valence-corrected chi connectivity index (χ1v) is 9.37. The molecule has 152 valence electrons. The molecule has 0 radical (unpaired) electrons. The minimum atomic E-state index is -0.665. The monoisotopic (exact) mass is 404 g/mol. The summed E-state index contributed by atoms with van der Waals surface area (Å²) in [5, 5.41) is 0. The Labute approximate surface area is 174 Å². The van der Waals surface area contributed by atoms with Crippen LogP contribution in [0.2, 0.25) is 0 Å². The third kappa shape index (κ3) is 5.00. The third-order valence-corrected chi connectivity index (χ3v) is 4.53. The van der Waals surface area contributed by atoms with Gasteiger partial charge in [-0.05, 0) is 47.4 Å². The lowest BCUT2D eigenvalue weighted by Gasteiger charge is -2.16. The fourth-order valence-electron chi connectivity index (χ4n) is 2.90. The molecule has 0 bridgehead atoms. The van der Waals surface area contributed by atoms with Crippen molar-refractivity contribution in [1.82, 2.24) is 0 Å². The average Bonchev–Trinajstić information content (AvgIpc) is 2.75. The second-order valence-electron chi connectivity index (χ2n) is 6.83. The highest BCUT2D eigenvalue weighted by molar-refractivity contribution is 5.89. The van der Waals surface area contributed by atoms with E-state index in [0.717, 1.165) is 22.8 Å². The standard InChI is InChI=1S/C25H21FO4/c1-4-24(27)29-21-12-9-18(10-13-21)17-5-7-19(8-6-17)20-11-14-23(22(26)15-20)30-25(28)16(2)3/h4-12,14-15,21H,1-2,13H2,3H3. The van der Waals surface area contributed by atoms with Crippen LogP contribution >= 0.6 is 0 Å². The molecule has 0 saturated carbocycles. The number of esters is 2. The maximum Gasteiger partial charge on any atom is 0.338 e. The molecule has 0 fully saturated rings. The van der Waals surface area contributed by atoms with Crippen molar-refractivity contribution in [3.8, 4) is 16.9 Å². The minimum Gasteiger partial charge on any atom is -0.455 e. The highest BCUT2D eigenvalue weighted by Gasteiger charge is 2.14. The summed E-state index contributed by atoms with van der Waals surface area (Å²) in [5.41, 5.74) is 3.70. The van der Waals surface area contributed by atoms with E-state index in [1.165, 1.54) is 19.1 Å². The van der Waals surface area contributed by atoms with E-state index in [9.17, 15) is 14.0 Å². The van der Waals surface area contributed by atoms with Gasteiger partial charge in [0, 0.05) is 18.1 Å². The first kappa shape index (κ1) is 21.0. The summed E-state index contributed by atoms with van der Waals surface area (Å²) in [4.78, 5) is 22.8. The molecular formula is C25H21FO4. The Bertz CT molecular complexity index is 1060. The summed E-state index contributed by atoms with van der Waals surface area (Å²) >= 11 is 0. The van der Waals surface area contributed by atoms with E-state index in [2.05, 4.69) is 13.2 Å². The number of benzene rings is 2. The largest absolute Gasteiger partial charge is 0.455 e. The van der Waals surface area contributed by atoms with E-state index in [4.69, 9.17) is 9.47 Å². The number of halogens is 1. The second kappa shape index (κ2) is 9.18. The molecule has 0 amide bonds. The molecule has 4 nitrogen and oxygen atoms in total. The molecule has 2 aromatic rings. The van der Waals surface area contributed by atoms with E-state index < -0.39 is 17.8 Å². The third-order valence-electron chi connectivity index (χ3n) is 4.53. The zero-order chi connectivity index (χ0) is 21.7. The first-order chi connectivity index (χ1) is 14.4. The predicted molar refractivity (Wildman–Crippen MR) is 114 cm³/mol. The van der Waals surface area contributed by atoms with Gasteiger partial charge in [-0.15, -0.1) is 0 Å². The molecule has 30 heavy (non-hydrogen) atoms. The zero-order valence-electron chi connectivity index (χ0n) is 16.6. The van der Waals surface area contributed by atoms with Crippen LogP contribution in [0, 0.1) is 5.82 Å². The van der Waals surface area contributed by atoms with Crippen LogP contribution in [-0.4, -0.2) is 18.0 Å². The summed E-state index contributed by atoms with van der Waals surface area (Å²) in [7, 11) is 0. The molecule has 0 saturated heterocycles. The Morgan fingerprint density at radius 3 is 2.33 bits per heavy atom. The van der Waals surface area contributed by atoms with Gasteiger partial charge in [0.2, 0.25) is 0 Å². The van der Waals surface area contributed by atoms with Crippen LogP contribution in [0.3, 0.4) is 0 Å². The van der Waals surface area contributed by atoms with Crippen molar-refractivity contribution in [2.75, 3.05) is 0 Å². The smallest absolute Gasteiger partial charge is 0.338 e. The predicted octanol–water partition coefficient (Wildman–Crippen LogP) is 5.42. The molecule has 3 rings (SSSR count). The van der Waals surface area contributed by atoms with Gasteiger partial charge in [-0.2, -0.15) is 0 Å². The van der Waals surface area contributed by atoms with Gasteiger partial charge in [-0.3, -0.25) is 0 Å². The van der Waals surface area contributed by atoms with Crippen LogP contribution in [0.5, 0.6) is 5.75 Å². The SMILES string of the molecule is C=CC(=O)OC1C=CC(c2ccc(-c3ccc(OC(=O)C(=C)C)c(F)c3)cc2)=CC1. The number of ether oxygens (including phenoxy) is 2. The maximum absolute atomic E-state index is 14.3. The molecule has 1 aliphatic rings. The Balaban J connectivity index is 1.70. The number of allylic oxidation sites excluding steroid dienone is 2. The van der Waals surface area contributed by atoms with Gasteiger partial charge in [-0.1, -0.05) is 55.6 Å². The molecule has 0 aromatic heterocycles. The highest BCUT2D eigenvalue weighted by atomic mass is 19.1. The summed E-state index contributed by atoms with van der Waals surface area (Å²) in [6.07, 6.45) is 7.18. The molecule has 2 aromatic carbocycles. The molecular weight excluding hydrogens is 383 g/mol. The van der Waals surface area contributed by atoms with Crippen molar-refractivity contribution < 1.29 is 23.5 Å². The molecule has 0 heterocycles. The molecule has 0 N–H and O–H groups in total. The lowest BCUT2D eigenvalue weighted by atomic mass is 9.96. The summed E-state index contributed by atoms with van der Waals surface area (Å²) < 4.78 is 24.5. The summed E-state index contributed by atoms with van der Waals surface area (Å²) in [5.74, 6) is -1.86. The zero-order valence-corrected chi connectivity index (χ0v) is 16.6. The van der Waals surface area contributed by atoms with Crippen LogP contribution in [0.4, 0.5) is 4.39 Å². The van der Waals surface area contributed by atoms with Crippen LogP contribution < -0.4 is 4.74 Å². The van der Waals surface area contributed by atoms with Crippen molar-refractivity contribution in [2.45, 2.75) is 19.4 Å². The van der Waals surface area contributed by atoms with Gasteiger partial charge in [-0.25, -0.2) is 14.0 Å². The number of carbonyl (C=O) groups is 2. The summed E-state index contributed by atoms with van der Waals surface area (Å²) in [6, 6.07) is 12.1. The van der Waals surface area contributed by atoms with E-state index >= 15 is 0 Å². The Morgan fingerprint density at radius 1 is 1.10 bits per heavy atom. The number of rotatable bonds is 6. The average molecular weight is 404 g/mol. The second-order valence-corrected chi connectivity index (χ2v) is 6.83. The number of carbonyl (C=O) groups excluding carboxylic acids is 2. The topological polar surface area (TPSA) is 52.6 Å². The van der Waals surface area contributed by atoms with Gasteiger partial charge in [0.05, 0.1) is 0 Å². The minimum absolute atomic E-state index is 0.132. The summed E-state index contributed by atoms with van der Waals surface area (Å²) in [6.45, 7) is 8.37. The van der Waals surface area contributed by atoms with Crippen LogP contribution in [-0.2, 0) is 14.3 Å². The normalized spacial score (nSPS) is 15.1. The molecule has 1 unspecified atom stereocenters. The van der Waals surface area contributed by atoms with Gasteiger partial charge < -0.3 is 9.47 Å². The van der Waals surface area contributed by atoms with Gasteiger partial charge >= 0.3 is 11.9 Å². The van der Waals surface area contributed by atoms with E-state index in [1.54, 1.807) is 6.07 Å². The van der Waals surface area contributed by atoms with Crippen LogP contribution in [0.25, 0.3) is 16.7 Å². The van der Waals surface area contributed by atoms with Crippen molar-refractivity contribution >= 4 is 17.5 Å². The molecule has 1 atom stereocenters. The van der Waals surface area contributed by atoms with E-state index in [-0.39, 0.29) is 17.4 Å². The lowest BCUT2D eigenvalue weighted by Crippen LogP contribution is -2.15. The van der Waals surface area contributed by atoms with Crippen molar-refractivity contribution in [3.63, 3.8) is 0 Å². The van der Waals surface area contributed by atoms with Gasteiger partial charge in [0.1, 0.15) is 6.10 Å². The fourth-order valence-corrected chi connectivity index (χ4v) is 2.90. The molecule has 0 aliphatic heterocycles. The fraction of sp³-hybridized carbons (Fsp3) is 0.120. The maximum atomic E-state index is 14.3. The molecule has 1 aliphatic carbocycles. The van der Waals surface area contributed by atoms with Crippen molar-refractivity contribution in [1.29, 1.82) is 0 Å². The Kier molecular flexibility index (Phi) is 6.42.